The highest BCUT2D eigenvalue weighted by Crippen LogP contribution is 2.12. The van der Waals surface area contributed by atoms with Crippen molar-refractivity contribution in [1.82, 2.24) is 10.2 Å². The van der Waals surface area contributed by atoms with Crippen LogP contribution in [0.4, 0.5) is 5.69 Å². The fraction of sp³-hybridized carbons (Fsp3) is 0.462. The maximum atomic E-state index is 12.2. The molecular formula is C13H19N3O. The molecule has 1 aromatic rings. The Morgan fingerprint density at radius 2 is 2.18 bits per heavy atom. The van der Waals surface area contributed by atoms with Crippen molar-refractivity contribution >= 4 is 11.6 Å². The van der Waals surface area contributed by atoms with Gasteiger partial charge in [-0.2, -0.15) is 0 Å². The van der Waals surface area contributed by atoms with Crippen molar-refractivity contribution in [1.29, 1.82) is 0 Å². The van der Waals surface area contributed by atoms with E-state index in [9.17, 15) is 4.79 Å². The zero-order chi connectivity index (χ0) is 12.1. The molecule has 0 spiro atoms. The number of carbonyl (C=O) groups is 1. The van der Waals surface area contributed by atoms with Crippen molar-refractivity contribution < 1.29 is 4.79 Å². The number of anilines is 1. The number of piperazine rings is 1. The summed E-state index contributed by atoms with van der Waals surface area (Å²) in [5.74, 6) is 0.131. The second kappa shape index (κ2) is 5.68. The van der Waals surface area contributed by atoms with Gasteiger partial charge in [-0.25, -0.2) is 0 Å². The van der Waals surface area contributed by atoms with Gasteiger partial charge in [0.25, 0.3) is 5.91 Å². The van der Waals surface area contributed by atoms with Gasteiger partial charge in [0.05, 0.1) is 0 Å². The van der Waals surface area contributed by atoms with Gasteiger partial charge in [0.1, 0.15) is 0 Å². The van der Waals surface area contributed by atoms with Gasteiger partial charge in [-0.15, -0.1) is 0 Å². The number of hydrogen-bond donors (Lipinski definition) is 2. The van der Waals surface area contributed by atoms with Crippen LogP contribution in [-0.4, -0.2) is 43.5 Å². The van der Waals surface area contributed by atoms with Crippen LogP contribution in [-0.2, 0) is 0 Å². The smallest absolute Gasteiger partial charge is 0.254 e. The third-order valence-corrected chi connectivity index (χ3v) is 2.89. The number of benzene rings is 1. The molecule has 17 heavy (non-hydrogen) atoms. The number of amides is 1. The van der Waals surface area contributed by atoms with E-state index in [4.69, 9.17) is 0 Å². The molecule has 2 rings (SSSR count). The van der Waals surface area contributed by atoms with Crippen LogP contribution in [0, 0.1) is 0 Å². The Morgan fingerprint density at radius 1 is 1.41 bits per heavy atom. The molecule has 1 aliphatic rings. The molecule has 0 aromatic heterocycles. The lowest BCUT2D eigenvalue weighted by atomic mass is 10.1. The second-order valence-electron chi connectivity index (χ2n) is 4.15. The van der Waals surface area contributed by atoms with Crippen molar-refractivity contribution in [2.45, 2.75) is 6.92 Å². The lowest BCUT2D eigenvalue weighted by molar-refractivity contribution is 0.0736. The maximum Gasteiger partial charge on any atom is 0.254 e. The first-order valence-electron chi connectivity index (χ1n) is 6.15. The highest BCUT2D eigenvalue weighted by molar-refractivity contribution is 5.95. The van der Waals surface area contributed by atoms with Gasteiger partial charge in [-0.05, 0) is 25.1 Å². The van der Waals surface area contributed by atoms with E-state index in [1.807, 2.05) is 36.1 Å². The third-order valence-electron chi connectivity index (χ3n) is 2.89. The van der Waals surface area contributed by atoms with E-state index in [0.29, 0.717) is 0 Å². The standard InChI is InChI=1S/C13H19N3O/c1-2-15-12-5-3-4-11(10-12)13(17)16-8-6-14-7-9-16/h3-5,10,14-15H,2,6-9H2,1H3. The van der Waals surface area contributed by atoms with E-state index >= 15 is 0 Å². The normalized spacial score (nSPS) is 15.7. The molecular weight excluding hydrogens is 214 g/mol. The van der Waals surface area contributed by atoms with E-state index in [1.54, 1.807) is 0 Å². The monoisotopic (exact) mass is 233 g/mol. The minimum absolute atomic E-state index is 0.131. The first-order chi connectivity index (χ1) is 8.31. The zero-order valence-electron chi connectivity index (χ0n) is 10.2. The SMILES string of the molecule is CCNc1cccc(C(=O)N2CCNCC2)c1. The summed E-state index contributed by atoms with van der Waals surface area (Å²) < 4.78 is 0. The molecule has 0 saturated carbocycles. The maximum absolute atomic E-state index is 12.2. The highest BCUT2D eigenvalue weighted by atomic mass is 16.2. The first-order valence-corrected chi connectivity index (χ1v) is 6.15. The number of rotatable bonds is 3. The van der Waals surface area contributed by atoms with Gasteiger partial charge < -0.3 is 15.5 Å². The van der Waals surface area contributed by atoms with E-state index in [2.05, 4.69) is 10.6 Å². The molecule has 92 valence electrons. The molecule has 4 heteroatoms. The lowest BCUT2D eigenvalue weighted by Gasteiger charge is -2.27. The molecule has 2 N–H and O–H groups in total. The molecule has 1 heterocycles. The molecule has 1 aliphatic heterocycles. The van der Waals surface area contributed by atoms with Crippen LogP contribution in [0.1, 0.15) is 17.3 Å². The lowest BCUT2D eigenvalue weighted by Crippen LogP contribution is -2.46. The Labute approximate surface area is 102 Å². The summed E-state index contributed by atoms with van der Waals surface area (Å²) in [6.45, 7) is 6.28. The van der Waals surface area contributed by atoms with Gasteiger partial charge in [0, 0.05) is 44.0 Å². The molecule has 0 aliphatic carbocycles. The Hall–Kier alpha value is -1.55. The quantitative estimate of drug-likeness (QED) is 0.823. The van der Waals surface area contributed by atoms with Crippen molar-refractivity contribution in [3.63, 3.8) is 0 Å². The summed E-state index contributed by atoms with van der Waals surface area (Å²) in [7, 11) is 0. The molecule has 0 bridgehead atoms. The summed E-state index contributed by atoms with van der Waals surface area (Å²) in [6, 6.07) is 7.71. The number of carbonyl (C=O) groups excluding carboxylic acids is 1. The van der Waals surface area contributed by atoms with Crippen molar-refractivity contribution in [3.8, 4) is 0 Å². The first kappa shape index (κ1) is 11.9. The minimum Gasteiger partial charge on any atom is -0.385 e. The number of nitrogens with one attached hydrogen (secondary N) is 2. The average Bonchev–Trinajstić information content (AvgIpc) is 2.40. The Kier molecular flexibility index (Phi) is 3.98. The van der Waals surface area contributed by atoms with Gasteiger partial charge in [0.15, 0.2) is 0 Å². The van der Waals surface area contributed by atoms with Crippen LogP contribution in [0.15, 0.2) is 24.3 Å². The van der Waals surface area contributed by atoms with Crippen LogP contribution >= 0.6 is 0 Å². The largest absolute Gasteiger partial charge is 0.385 e. The Bertz CT molecular complexity index is 386. The summed E-state index contributed by atoms with van der Waals surface area (Å²) >= 11 is 0. The minimum atomic E-state index is 0.131. The molecule has 0 radical (unpaired) electrons. The topological polar surface area (TPSA) is 44.4 Å². The van der Waals surface area contributed by atoms with Gasteiger partial charge in [0.2, 0.25) is 0 Å². The molecule has 1 amide bonds. The number of hydrogen-bond acceptors (Lipinski definition) is 3. The van der Waals surface area contributed by atoms with Crippen LogP contribution in [0.3, 0.4) is 0 Å². The van der Waals surface area contributed by atoms with Crippen molar-refractivity contribution in [2.24, 2.45) is 0 Å². The third kappa shape index (κ3) is 2.97. The molecule has 0 atom stereocenters. The summed E-state index contributed by atoms with van der Waals surface area (Å²) in [6.07, 6.45) is 0. The van der Waals surface area contributed by atoms with Crippen LogP contribution in [0.2, 0.25) is 0 Å². The second-order valence-corrected chi connectivity index (χ2v) is 4.15. The molecule has 0 unspecified atom stereocenters. The molecule has 1 fully saturated rings. The van der Waals surface area contributed by atoms with Gasteiger partial charge in [-0.3, -0.25) is 4.79 Å². The highest BCUT2D eigenvalue weighted by Gasteiger charge is 2.17. The van der Waals surface area contributed by atoms with Crippen molar-refractivity contribution in [3.05, 3.63) is 29.8 Å². The Morgan fingerprint density at radius 3 is 2.88 bits per heavy atom. The molecule has 1 saturated heterocycles. The molecule has 4 nitrogen and oxygen atoms in total. The van der Waals surface area contributed by atoms with Crippen LogP contribution < -0.4 is 10.6 Å². The fourth-order valence-corrected chi connectivity index (χ4v) is 2.02. The van der Waals surface area contributed by atoms with Crippen LogP contribution in [0.5, 0.6) is 0 Å². The zero-order valence-corrected chi connectivity index (χ0v) is 10.2. The van der Waals surface area contributed by atoms with E-state index in [-0.39, 0.29) is 5.91 Å². The van der Waals surface area contributed by atoms with Crippen LogP contribution in [0.25, 0.3) is 0 Å². The van der Waals surface area contributed by atoms with Gasteiger partial charge >= 0.3 is 0 Å². The van der Waals surface area contributed by atoms with E-state index < -0.39 is 0 Å². The number of nitrogens with zero attached hydrogens (tertiary/aromatic N) is 1. The summed E-state index contributed by atoms with van der Waals surface area (Å²) in [5, 5.41) is 6.47. The Balaban J connectivity index is 2.09. The van der Waals surface area contributed by atoms with E-state index in [1.165, 1.54) is 0 Å². The van der Waals surface area contributed by atoms with Crippen molar-refractivity contribution in [2.75, 3.05) is 38.0 Å². The predicted octanol–water partition coefficient (Wildman–Crippen LogP) is 1.16. The van der Waals surface area contributed by atoms with Gasteiger partial charge in [-0.1, -0.05) is 6.07 Å². The average molecular weight is 233 g/mol. The molecule has 1 aromatic carbocycles. The van der Waals surface area contributed by atoms with E-state index in [0.717, 1.165) is 44.0 Å². The predicted molar refractivity (Wildman–Crippen MR) is 69.4 cm³/mol. The summed E-state index contributed by atoms with van der Waals surface area (Å²) in [5.41, 5.74) is 1.78. The fourth-order valence-electron chi connectivity index (χ4n) is 2.02. The summed E-state index contributed by atoms with van der Waals surface area (Å²) in [4.78, 5) is 14.1.